The van der Waals surface area contributed by atoms with Gasteiger partial charge in [0.2, 0.25) is 0 Å². The number of esters is 2. The number of carbonyl (C=O) groups is 2. The Labute approximate surface area is 142 Å². The first-order valence-corrected chi connectivity index (χ1v) is 8.62. The van der Waals surface area contributed by atoms with Crippen molar-refractivity contribution in [3.8, 4) is 0 Å². The summed E-state index contributed by atoms with van der Waals surface area (Å²) >= 11 is 0. The van der Waals surface area contributed by atoms with E-state index >= 15 is 0 Å². The van der Waals surface area contributed by atoms with Gasteiger partial charge in [-0.25, -0.2) is 9.59 Å². The highest BCUT2D eigenvalue weighted by molar-refractivity contribution is 5.82. The third-order valence-corrected chi connectivity index (χ3v) is 4.03. The average Bonchev–Trinajstić information content (AvgIpc) is 2.99. The van der Waals surface area contributed by atoms with Crippen molar-refractivity contribution < 1.29 is 28.5 Å². The van der Waals surface area contributed by atoms with Crippen molar-refractivity contribution >= 4 is 11.9 Å². The van der Waals surface area contributed by atoms with Crippen LogP contribution >= 0.6 is 0 Å². The third-order valence-electron chi connectivity index (χ3n) is 4.03. The van der Waals surface area contributed by atoms with Crippen LogP contribution in [0.2, 0.25) is 0 Å². The molecule has 2 aliphatic rings. The SMILES string of the molecule is CCOC(=O)/C=C/[C@H]1C[C@H](/C=C/C(=O)OCC)OC2(CCCC2)O1. The van der Waals surface area contributed by atoms with Gasteiger partial charge in [0.25, 0.3) is 0 Å². The van der Waals surface area contributed by atoms with Crippen LogP contribution in [0.25, 0.3) is 0 Å². The minimum absolute atomic E-state index is 0.252. The highest BCUT2D eigenvalue weighted by atomic mass is 16.7. The summed E-state index contributed by atoms with van der Waals surface area (Å²) in [7, 11) is 0. The molecule has 0 aromatic rings. The van der Waals surface area contributed by atoms with Crippen molar-refractivity contribution in [2.24, 2.45) is 0 Å². The molecule has 1 aliphatic carbocycles. The Morgan fingerprint density at radius 3 is 1.83 bits per heavy atom. The summed E-state index contributed by atoms with van der Waals surface area (Å²) in [6.07, 6.45) is 9.98. The molecule has 0 N–H and O–H groups in total. The largest absolute Gasteiger partial charge is 0.463 e. The van der Waals surface area contributed by atoms with E-state index < -0.39 is 5.79 Å². The molecule has 1 aliphatic heterocycles. The molecule has 0 radical (unpaired) electrons. The molecule has 6 heteroatoms. The summed E-state index contributed by atoms with van der Waals surface area (Å²) in [5.41, 5.74) is 0. The van der Waals surface area contributed by atoms with Crippen molar-refractivity contribution in [3.05, 3.63) is 24.3 Å². The maximum atomic E-state index is 11.5. The highest BCUT2D eigenvalue weighted by Gasteiger charge is 2.43. The molecular formula is C18H26O6. The van der Waals surface area contributed by atoms with Gasteiger partial charge in [-0.15, -0.1) is 0 Å². The zero-order chi connectivity index (χ0) is 17.4. The van der Waals surface area contributed by atoms with Crippen molar-refractivity contribution in [1.82, 2.24) is 0 Å². The van der Waals surface area contributed by atoms with Crippen LogP contribution in [0.15, 0.2) is 24.3 Å². The molecule has 2 rings (SSSR count). The fourth-order valence-corrected chi connectivity index (χ4v) is 3.04. The van der Waals surface area contributed by atoms with E-state index in [-0.39, 0.29) is 24.1 Å². The van der Waals surface area contributed by atoms with E-state index in [0.717, 1.165) is 25.7 Å². The summed E-state index contributed by atoms with van der Waals surface area (Å²) in [5.74, 6) is -1.38. The van der Waals surface area contributed by atoms with Gasteiger partial charge in [-0.1, -0.05) is 0 Å². The minimum Gasteiger partial charge on any atom is -0.463 e. The number of hydrogen-bond acceptors (Lipinski definition) is 6. The zero-order valence-electron chi connectivity index (χ0n) is 14.4. The lowest BCUT2D eigenvalue weighted by Gasteiger charge is -2.41. The Balaban J connectivity index is 2.03. The second-order valence-corrected chi connectivity index (χ2v) is 5.89. The molecule has 0 amide bonds. The molecule has 0 bridgehead atoms. The third kappa shape index (κ3) is 5.46. The molecule has 1 saturated carbocycles. The van der Waals surface area contributed by atoms with Crippen LogP contribution < -0.4 is 0 Å². The number of hydrogen-bond donors (Lipinski definition) is 0. The van der Waals surface area contributed by atoms with Crippen LogP contribution in [0.5, 0.6) is 0 Å². The van der Waals surface area contributed by atoms with Gasteiger partial charge >= 0.3 is 11.9 Å². The fourth-order valence-electron chi connectivity index (χ4n) is 3.04. The lowest BCUT2D eigenvalue weighted by molar-refractivity contribution is -0.296. The molecule has 6 nitrogen and oxygen atoms in total. The molecule has 0 aromatic heterocycles. The van der Waals surface area contributed by atoms with Crippen molar-refractivity contribution in [2.45, 2.75) is 63.9 Å². The molecule has 2 atom stereocenters. The van der Waals surface area contributed by atoms with E-state index in [4.69, 9.17) is 18.9 Å². The van der Waals surface area contributed by atoms with Crippen LogP contribution in [-0.2, 0) is 28.5 Å². The number of carbonyl (C=O) groups excluding carboxylic acids is 2. The van der Waals surface area contributed by atoms with E-state index in [1.54, 1.807) is 26.0 Å². The van der Waals surface area contributed by atoms with Gasteiger partial charge in [-0.3, -0.25) is 0 Å². The summed E-state index contributed by atoms with van der Waals surface area (Å²) in [4.78, 5) is 23.0. The summed E-state index contributed by atoms with van der Waals surface area (Å²) in [6, 6.07) is 0. The van der Waals surface area contributed by atoms with E-state index in [2.05, 4.69) is 0 Å². The molecular weight excluding hydrogens is 312 g/mol. The van der Waals surface area contributed by atoms with Gasteiger partial charge in [0.1, 0.15) is 0 Å². The van der Waals surface area contributed by atoms with Crippen molar-refractivity contribution in [2.75, 3.05) is 13.2 Å². The van der Waals surface area contributed by atoms with Gasteiger partial charge < -0.3 is 18.9 Å². The molecule has 0 unspecified atom stereocenters. The highest BCUT2D eigenvalue weighted by Crippen LogP contribution is 2.41. The maximum Gasteiger partial charge on any atom is 0.330 e. The van der Waals surface area contributed by atoms with Gasteiger partial charge in [0.05, 0.1) is 25.4 Å². The second kappa shape index (κ2) is 8.99. The predicted molar refractivity (Wildman–Crippen MR) is 87.1 cm³/mol. The van der Waals surface area contributed by atoms with Gasteiger partial charge in [-0.2, -0.15) is 0 Å². The van der Waals surface area contributed by atoms with Crippen LogP contribution in [0.1, 0.15) is 46.0 Å². The zero-order valence-corrected chi connectivity index (χ0v) is 14.4. The van der Waals surface area contributed by atoms with E-state index in [9.17, 15) is 9.59 Å². The average molecular weight is 338 g/mol. The van der Waals surface area contributed by atoms with Crippen LogP contribution in [0.4, 0.5) is 0 Å². The van der Waals surface area contributed by atoms with Crippen molar-refractivity contribution in [3.63, 3.8) is 0 Å². The molecule has 1 heterocycles. The Bertz CT molecular complexity index is 452. The van der Waals surface area contributed by atoms with E-state index in [1.807, 2.05) is 0 Å². The first kappa shape index (κ1) is 18.7. The maximum absolute atomic E-state index is 11.5. The standard InChI is InChI=1S/C18H26O6/c1-3-21-16(19)9-7-14-13-15(8-10-17(20)22-4-2)24-18(23-14)11-5-6-12-18/h7-10,14-15H,3-6,11-13H2,1-2H3/b9-7+,10-8+/t14-,15-/m0/s1. The monoisotopic (exact) mass is 338 g/mol. The first-order valence-electron chi connectivity index (χ1n) is 8.62. The number of rotatable bonds is 6. The summed E-state index contributed by atoms with van der Waals surface area (Å²) < 4.78 is 22.0. The van der Waals surface area contributed by atoms with Gasteiger partial charge in [-0.05, 0) is 38.8 Å². The molecule has 0 aromatic carbocycles. The molecule has 134 valence electrons. The normalized spacial score (nSPS) is 26.2. The first-order chi connectivity index (χ1) is 11.6. The van der Waals surface area contributed by atoms with Crippen LogP contribution in [0, 0.1) is 0 Å². The summed E-state index contributed by atoms with van der Waals surface area (Å²) in [6.45, 7) is 4.21. The molecule has 1 saturated heterocycles. The van der Waals surface area contributed by atoms with Gasteiger partial charge in [0.15, 0.2) is 5.79 Å². The smallest absolute Gasteiger partial charge is 0.330 e. The second-order valence-electron chi connectivity index (χ2n) is 5.89. The van der Waals surface area contributed by atoms with Crippen LogP contribution in [-0.4, -0.2) is 43.1 Å². The quantitative estimate of drug-likeness (QED) is 0.548. The van der Waals surface area contributed by atoms with Crippen LogP contribution in [0.3, 0.4) is 0 Å². The lowest BCUT2D eigenvalue weighted by atomic mass is 10.1. The Morgan fingerprint density at radius 2 is 1.42 bits per heavy atom. The Kier molecular flexibility index (Phi) is 6.99. The Hall–Kier alpha value is -1.66. The number of ether oxygens (including phenoxy) is 4. The Morgan fingerprint density at radius 1 is 0.958 bits per heavy atom. The van der Waals surface area contributed by atoms with Gasteiger partial charge in [0, 0.05) is 31.4 Å². The molecule has 2 fully saturated rings. The lowest BCUT2D eigenvalue weighted by Crippen LogP contribution is -2.45. The molecule has 1 spiro atoms. The predicted octanol–water partition coefficient (Wildman–Crippen LogP) is 2.67. The minimum atomic E-state index is -0.619. The summed E-state index contributed by atoms with van der Waals surface area (Å²) in [5, 5.41) is 0. The topological polar surface area (TPSA) is 71.1 Å². The fraction of sp³-hybridized carbons (Fsp3) is 0.667. The van der Waals surface area contributed by atoms with E-state index in [0.29, 0.717) is 19.6 Å². The van der Waals surface area contributed by atoms with E-state index in [1.165, 1.54) is 12.2 Å². The molecule has 24 heavy (non-hydrogen) atoms. The van der Waals surface area contributed by atoms with Crippen molar-refractivity contribution in [1.29, 1.82) is 0 Å².